The van der Waals surface area contributed by atoms with E-state index in [1.54, 1.807) is 23.2 Å². The van der Waals surface area contributed by atoms with E-state index < -0.39 is 0 Å². The molecular formula is C17H17Cl2N3O2S. The summed E-state index contributed by atoms with van der Waals surface area (Å²) in [6.45, 7) is 2.42. The van der Waals surface area contributed by atoms with Gasteiger partial charge in [0, 0.05) is 22.6 Å². The van der Waals surface area contributed by atoms with Gasteiger partial charge < -0.3 is 10.2 Å². The summed E-state index contributed by atoms with van der Waals surface area (Å²) in [6, 6.07) is 4.74. The maximum atomic E-state index is 12.8. The number of nitrogens with zero attached hydrogens (tertiary/aromatic N) is 2. The number of hydrogen-bond donors (Lipinski definition) is 1. The highest BCUT2D eigenvalue weighted by molar-refractivity contribution is 7.15. The van der Waals surface area contributed by atoms with Crippen molar-refractivity contribution in [1.29, 1.82) is 0 Å². The first kappa shape index (κ1) is 18.2. The largest absolute Gasteiger partial charge is 0.329 e. The first-order valence-electron chi connectivity index (χ1n) is 7.89. The molecule has 1 aromatic heterocycles. The number of carbonyl (C=O) groups is 2. The van der Waals surface area contributed by atoms with Gasteiger partial charge in [-0.2, -0.15) is 0 Å². The fourth-order valence-corrected chi connectivity index (χ4v) is 3.58. The highest BCUT2D eigenvalue weighted by Crippen LogP contribution is 2.31. The lowest BCUT2D eigenvalue weighted by Crippen LogP contribution is -2.39. The summed E-state index contributed by atoms with van der Waals surface area (Å²) in [5.41, 5.74) is 0.351. The van der Waals surface area contributed by atoms with Crippen LogP contribution in [0, 0.1) is 12.8 Å². The molecule has 0 bridgehead atoms. The Hall–Kier alpha value is -1.63. The van der Waals surface area contributed by atoms with Crippen molar-refractivity contribution in [3.05, 3.63) is 44.9 Å². The summed E-state index contributed by atoms with van der Waals surface area (Å²) in [5.74, 6) is -0.0857. The summed E-state index contributed by atoms with van der Waals surface area (Å²) in [4.78, 5) is 31.8. The Bertz CT molecular complexity index is 805. The van der Waals surface area contributed by atoms with Gasteiger partial charge in [0.2, 0.25) is 5.91 Å². The third kappa shape index (κ3) is 4.93. The number of nitrogens with one attached hydrogen (secondary N) is 1. The fourth-order valence-electron chi connectivity index (χ4n) is 2.41. The summed E-state index contributed by atoms with van der Waals surface area (Å²) < 4.78 is 0. The van der Waals surface area contributed by atoms with Crippen LogP contribution >= 0.6 is 34.5 Å². The number of amides is 2. The molecule has 2 aromatic rings. The Labute approximate surface area is 160 Å². The number of anilines is 1. The van der Waals surface area contributed by atoms with Gasteiger partial charge in [-0.3, -0.25) is 9.59 Å². The normalized spacial score (nSPS) is 13.6. The lowest BCUT2D eigenvalue weighted by Gasteiger charge is -2.22. The molecule has 3 rings (SSSR count). The average molecular weight is 398 g/mol. The van der Waals surface area contributed by atoms with Crippen molar-refractivity contribution < 1.29 is 9.59 Å². The van der Waals surface area contributed by atoms with Gasteiger partial charge in [0.15, 0.2) is 5.13 Å². The summed E-state index contributed by atoms with van der Waals surface area (Å²) in [7, 11) is 0. The maximum Gasteiger partial charge on any atom is 0.255 e. The van der Waals surface area contributed by atoms with Crippen molar-refractivity contribution in [1.82, 2.24) is 9.88 Å². The quantitative estimate of drug-likeness (QED) is 0.792. The SMILES string of the molecule is Cc1cnc(NC(=O)CN(CC2CC2)C(=O)c2ccc(Cl)cc2Cl)s1. The van der Waals surface area contributed by atoms with Crippen LogP contribution < -0.4 is 5.32 Å². The zero-order valence-corrected chi connectivity index (χ0v) is 15.9. The zero-order chi connectivity index (χ0) is 18.0. The molecule has 1 fully saturated rings. The third-order valence-electron chi connectivity index (χ3n) is 3.83. The van der Waals surface area contributed by atoms with Crippen molar-refractivity contribution in [2.24, 2.45) is 5.92 Å². The Morgan fingerprint density at radius 2 is 2.12 bits per heavy atom. The molecule has 1 aliphatic carbocycles. The van der Waals surface area contributed by atoms with Gasteiger partial charge in [0.1, 0.15) is 6.54 Å². The van der Waals surface area contributed by atoms with Gasteiger partial charge in [-0.1, -0.05) is 23.2 Å². The topological polar surface area (TPSA) is 62.3 Å². The van der Waals surface area contributed by atoms with Crippen LogP contribution in [-0.2, 0) is 4.79 Å². The van der Waals surface area contributed by atoms with E-state index in [4.69, 9.17) is 23.2 Å². The molecule has 1 aliphatic rings. The second kappa shape index (κ2) is 7.72. The van der Waals surface area contributed by atoms with Crippen molar-refractivity contribution in [2.75, 3.05) is 18.4 Å². The Kier molecular flexibility index (Phi) is 5.61. The van der Waals surface area contributed by atoms with Gasteiger partial charge in [-0.15, -0.1) is 11.3 Å². The second-order valence-electron chi connectivity index (χ2n) is 6.08. The molecule has 0 saturated heterocycles. The molecule has 0 atom stereocenters. The van der Waals surface area contributed by atoms with E-state index in [9.17, 15) is 9.59 Å². The van der Waals surface area contributed by atoms with Crippen LogP contribution in [0.15, 0.2) is 24.4 Å². The average Bonchev–Trinajstić information content (AvgIpc) is 3.27. The standard InChI is InChI=1S/C17H17Cl2N3O2S/c1-10-7-20-17(25-10)21-15(23)9-22(8-11-2-3-11)16(24)13-5-4-12(18)6-14(13)19/h4-7,11H,2-3,8-9H2,1H3,(H,20,21,23). The summed E-state index contributed by atoms with van der Waals surface area (Å²) >= 11 is 13.4. The number of aryl methyl sites for hydroxylation is 1. The number of halogens is 2. The van der Waals surface area contributed by atoms with Gasteiger partial charge in [-0.05, 0) is 43.9 Å². The number of hydrogen-bond acceptors (Lipinski definition) is 4. The van der Waals surface area contributed by atoms with E-state index in [1.807, 2.05) is 6.92 Å². The smallest absolute Gasteiger partial charge is 0.255 e. The highest BCUT2D eigenvalue weighted by Gasteiger charge is 2.29. The molecule has 1 saturated carbocycles. The number of rotatable bonds is 6. The van der Waals surface area contributed by atoms with Gasteiger partial charge in [0.05, 0.1) is 10.6 Å². The Balaban J connectivity index is 1.72. The first-order chi connectivity index (χ1) is 11.9. The van der Waals surface area contributed by atoms with Crippen LogP contribution in [0.3, 0.4) is 0 Å². The van der Waals surface area contributed by atoms with Crippen LogP contribution in [0.5, 0.6) is 0 Å². The molecule has 132 valence electrons. The first-order valence-corrected chi connectivity index (χ1v) is 9.46. The van der Waals surface area contributed by atoms with Gasteiger partial charge in [0.25, 0.3) is 5.91 Å². The van der Waals surface area contributed by atoms with Crippen LogP contribution in [0.4, 0.5) is 5.13 Å². The minimum absolute atomic E-state index is 0.0348. The van der Waals surface area contributed by atoms with Crippen LogP contribution in [0.1, 0.15) is 28.1 Å². The predicted octanol–water partition coefficient (Wildman–Crippen LogP) is 4.25. The van der Waals surface area contributed by atoms with Crippen LogP contribution in [0.2, 0.25) is 10.0 Å². The van der Waals surface area contributed by atoms with E-state index in [1.165, 1.54) is 17.4 Å². The molecule has 0 radical (unpaired) electrons. The van der Waals surface area contributed by atoms with E-state index >= 15 is 0 Å². The summed E-state index contributed by atoms with van der Waals surface area (Å²) in [6.07, 6.45) is 3.84. The second-order valence-corrected chi connectivity index (χ2v) is 8.16. The van der Waals surface area contributed by atoms with E-state index in [0.29, 0.717) is 28.2 Å². The Morgan fingerprint density at radius 3 is 2.72 bits per heavy atom. The maximum absolute atomic E-state index is 12.8. The van der Waals surface area contributed by atoms with Crippen LogP contribution in [0.25, 0.3) is 0 Å². The lowest BCUT2D eigenvalue weighted by atomic mass is 10.2. The molecular weight excluding hydrogens is 381 g/mol. The van der Waals surface area contributed by atoms with Crippen molar-refractivity contribution in [3.63, 3.8) is 0 Å². The molecule has 1 heterocycles. The minimum Gasteiger partial charge on any atom is -0.329 e. The molecule has 5 nitrogen and oxygen atoms in total. The molecule has 0 unspecified atom stereocenters. The van der Waals surface area contributed by atoms with Crippen molar-refractivity contribution >= 4 is 51.5 Å². The number of aromatic nitrogens is 1. The molecule has 1 aromatic carbocycles. The minimum atomic E-state index is -0.270. The molecule has 0 spiro atoms. The highest BCUT2D eigenvalue weighted by atomic mass is 35.5. The fraction of sp³-hybridized carbons (Fsp3) is 0.353. The van der Waals surface area contributed by atoms with Crippen molar-refractivity contribution in [3.8, 4) is 0 Å². The van der Waals surface area contributed by atoms with Gasteiger partial charge in [-0.25, -0.2) is 4.98 Å². The van der Waals surface area contributed by atoms with E-state index in [2.05, 4.69) is 10.3 Å². The number of carbonyl (C=O) groups excluding carboxylic acids is 2. The number of thiazole rings is 1. The summed E-state index contributed by atoms with van der Waals surface area (Å²) in [5, 5.41) is 4.02. The van der Waals surface area contributed by atoms with Gasteiger partial charge >= 0.3 is 0 Å². The monoisotopic (exact) mass is 397 g/mol. The third-order valence-corrected chi connectivity index (χ3v) is 5.20. The molecule has 0 aliphatic heterocycles. The van der Waals surface area contributed by atoms with E-state index in [0.717, 1.165) is 17.7 Å². The molecule has 1 N–H and O–H groups in total. The number of benzene rings is 1. The molecule has 8 heteroatoms. The van der Waals surface area contributed by atoms with Crippen molar-refractivity contribution in [2.45, 2.75) is 19.8 Å². The zero-order valence-electron chi connectivity index (χ0n) is 13.6. The van der Waals surface area contributed by atoms with Crippen LogP contribution in [-0.4, -0.2) is 34.8 Å². The molecule has 2 amide bonds. The molecule has 25 heavy (non-hydrogen) atoms. The predicted molar refractivity (Wildman–Crippen MR) is 101 cm³/mol. The lowest BCUT2D eigenvalue weighted by molar-refractivity contribution is -0.116. The van der Waals surface area contributed by atoms with E-state index in [-0.39, 0.29) is 23.4 Å². The Morgan fingerprint density at radius 1 is 1.36 bits per heavy atom.